The minimum absolute atomic E-state index is 0.00419. The molecule has 0 radical (unpaired) electrons. The number of rotatable bonds is 4. The molecule has 1 atom stereocenters. The third kappa shape index (κ3) is 3.81. The van der Waals surface area contributed by atoms with Gasteiger partial charge < -0.3 is 20.1 Å². The van der Waals surface area contributed by atoms with Gasteiger partial charge >= 0.3 is 5.97 Å². The summed E-state index contributed by atoms with van der Waals surface area (Å²) in [5.41, 5.74) is 0.519. The number of allylic oxidation sites excluding steroid dienone is 1. The average molecular weight is 238 g/mol. The van der Waals surface area contributed by atoms with Gasteiger partial charge in [0.05, 0.1) is 6.26 Å². The van der Waals surface area contributed by atoms with Crippen molar-refractivity contribution in [3.05, 3.63) is 36.1 Å². The highest BCUT2D eigenvalue weighted by Gasteiger charge is 2.17. The van der Waals surface area contributed by atoms with Crippen molar-refractivity contribution >= 4 is 5.97 Å². The Hall–Kier alpha value is -2.01. The number of carbonyl (C=O) groups is 1. The van der Waals surface area contributed by atoms with E-state index < -0.39 is 12.1 Å². The van der Waals surface area contributed by atoms with Crippen LogP contribution in [0.5, 0.6) is 11.5 Å². The first-order valence-corrected chi connectivity index (χ1v) is 5.05. The van der Waals surface area contributed by atoms with Crippen LogP contribution in [0, 0.1) is 0 Å². The highest BCUT2D eigenvalue weighted by atomic mass is 16.5. The van der Waals surface area contributed by atoms with E-state index in [4.69, 9.17) is 5.11 Å². The van der Waals surface area contributed by atoms with Crippen molar-refractivity contribution in [1.82, 2.24) is 0 Å². The second kappa shape index (κ2) is 5.91. The fraction of sp³-hybridized carbons (Fsp3) is 0.250. The van der Waals surface area contributed by atoms with Gasteiger partial charge in [-0.1, -0.05) is 12.1 Å². The highest BCUT2D eigenvalue weighted by molar-refractivity contribution is 5.75. The van der Waals surface area contributed by atoms with Gasteiger partial charge in [-0.2, -0.15) is 0 Å². The predicted octanol–water partition coefficient (Wildman–Crippen LogP) is 1.08. The molecule has 1 rings (SSSR count). The van der Waals surface area contributed by atoms with Crippen LogP contribution >= 0.6 is 0 Å². The maximum Gasteiger partial charge on any atom is 0.340 e. The van der Waals surface area contributed by atoms with E-state index in [1.165, 1.54) is 30.5 Å². The summed E-state index contributed by atoms with van der Waals surface area (Å²) in [6.07, 6.45) is 1.40. The molecule has 1 aromatic rings. The maximum atomic E-state index is 11.2. The summed E-state index contributed by atoms with van der Waals surface area (Å²) in [5.74, 6) is -1.31. The number of hydrogen-bond acceptors (Lipinski definition) is 5. The van der Waals surface area contributed by atoms with E-state index in [0.29, 0.717) is 5.56 Å². The standard InChI is InChI=1S/C12H14O5/c1-2-5-17-12(16)11(15)7-8-3-4-9(13)10(14)6-8/h2-6,11,13-15H,7H2,1H3. The van der Waals surface area contributed by atoms with E-state index >= 15 is 0 Å². The van der Waals surface area contributed by atoms with Crippen LogP contribution < -0.4 is 0 Å². The lowest BCUT2D eigenvalue weighted by atomic mass is 10.1. The molecule has 0 aliphatic heterocycles. The molecule has 0 saturated carbocycles. The van der Waals surface area contributed by atoms with Crippen molar-refractivity contribution < 1.29 is 24.9 Å². The summed E-state index contributed by atoms with van der Waals surface area (Å²) in [5, 5.41) is 27.8. The zero-order chi connectivity index (χ0) is 12.8. The molecule has 0 saturated heterocycles. The van der Waals surface area contributed by atoms with E-state index in [9.17, 15) is 15.0 Å². The first-order chi connectivity index (χ1) is 8.04. The summed E-state index contributed by atoms with van der Waals surface area (Å²) >= 11 is 0. The Bertz CT molecular complexity index is 425. The Labute approximate surface area is 98.6 Å². The fourth-order valence-corrected chi connectivity index (χ4v) is 1.22. The number of hydrogen-bond donors (Lipinski definition) is 3. The SMILES string of the molecule is CC=COC(=O)C(O)Cc1ccc(O)c(O)c1. The lowest BCUT2D eigenvalue weighted by Crippen LogP contribution is -2.23. The van der Waals surface area contributed by atoms with Gasteiger partial charge in [0.1, 0.15) is 0 Å². The van der Waals surface area contributed by atoms with E-state index in [-0.39, 0.29) is 17.9 Å². The Morgan fingerprint density at radius 2 is 2.12 bits per heavy atom. The molecule has 0 aliphatic rings. The molecule has 1 unspecified atom stereocenters. The van der Waals surface area contributed by atoms with Gasteiger partial charge in [-0.15, -0.1) is 0 Å². The lowest BCUT2D eigenvalue weighted by Gasteiger charge is -2.08. The third-order valence-electron chi connectivity index (χ3n) is 2.06. The Morgan fingerprint density at radius 1 is 1.41 bits per heavy atom. The van der Waals surface area contributed by atoms with Crippen LogP contribution in [0.25, 0.3) is 0 Å². The summed E-state index contributed by atoms with van der Waals surface area (Å²) in [6.45, 7) is 1.68. The minimum atomic E-state index is -1.31. The topological polar surface area (TPSA) is 87.0 Å². The highest BCUT2D eigenvalue weighted by Crippen LogP contribution is 2.25. The molecule has 0 amide bonds. The van der Waals surface area contributed by atoms with E-state index in [0.717, 1.165) is 0 Å². The first kappa shape index (κ1) is 13.1. The lowest BCUT2D eigenvalue weighted by molar-refractivity contribution is -0.147. The Morgan fingerprint density at radius 3 is 2.71 bits per heavy atom. The maximum absolute atomic E-state index is 11.2. The largest absolute Gasteiger partial charge is 0.504 e. The van der Waals surface area contributed by atoms with Gasteiger partial charge in [0.25, 0.3) is 0 Å². The molecule has 0 fully saturated rings. The quantitative estimate of drug-likeness (QED) is 0.415. The first-order valence-electron chi connectivity index (χ1n) is 5.05. The van der Waals surface area contributed by atoms with Crippen molar-refractivity contribution in [2.45, 2.75) is 19.4 Å². The Kier molecular flexibility index (Phi) is 4.54. The zero-order valence-corrected chi connectivity index (χ0v) is 9.33. The number of carbonyl (C=O) groups excluding carboxylic acids is 1. The smallest absolute Gasteiger partial charge is 0.340 e. The minimum Gasteiger partial charge on any atom is -0.504 e. The fourth-order valence-electron chi connectivity index (χ4n) is 1.22. The third-order valence-corrected chi connectivity index (χ3v) is 2.06. The van der Waals surface area contributed by atoms with Crippen molar-refractivity contribution in [3.8, 4) is 11.5 Å². The molecule has 0 aromatic heterocycles. The molecule has 17 heavy (non-hydrogen) atoms. The normalized spacial score (nSPS) is 12.6. The second-order valence-corrected chi connectivity index (χ2v) is 3.45. The Balaban J connectivity index is 2.64. The summed E-state index contributed by atoms with van der Waals surface area (Å²) in [7, 11) is 0. The van der Waals surface area contributed by atoms with Gasteiger partial charge in [0.2, 0.25) is 0 Å². The number of esters is 1. The second-order valence-electron chi connectivity index (χ2n) is 3.45. The molecule has 0 spiro atoms. The van der Waals surface area contributed by atoms with Crippen molar-refractivity contribution in [3.63, 3.8) is 0 Å². The number of benzene rings is 1. The van der Waals surface area contributed by atoms with Crippen molar-refractivity contribution in [1.29, 1.82) is 0 Å². The molecule has 0 heterocycles. The van der Waals surface area contributed by atoms with Crippen LogP contribution in [0.2, 0.25) is 0 Å². The number of aromatic hydroxyl groups is 2. The van der Waals surface area contributed by atoms with Gasteiger partial charge in [-0.25, -0.2) is 4.79 Å². The number of aliphatic hydroxyl groups is 1. The van der Waals surface area contributed by atoms with Crippen LogP contribution in [0.15, 0.2) is 30.5 Å². The van der Waals surface area contributed by atoms with Gasteiger partial charge in [0, 0.05) is 6.42 Å². The van der Waals surface area contributed by atoms with Crippen molar-refractivity contribution in [2.75, 3.05) is 0 Å². The predicted molar refractivity (Wildman–Crippen MR) is 60.4 cm³/mol. The zero-order valence-electron chi connectivity index (χ0n) is 9.33. The molecule has 92 valence electrons. The van der Waals surface area contributed by atoms with Gasteiger partial charge in [-0.3, -0.25) is 0 Å². The molecule has 0 bridgehead atoms. The van der Waals surface area contributed by atoms with Crippen molar-refractivity contribution in [2.24, 2.45) is 0 Å². The van der Waals surface area contributed by atoms with E-state index in [1.807, 2.05) is 0 Å². The van der Waals surface area contributed by atoms with Crippen LogP contribution in [0.4, 0.5) is 0 Å². The number of phenolic OH excluding ortho intramolecular Hbond substituents is 2. The number of phenols is 2. The monoisotopic (exact) mass is 238 g/mol. The van der Waals surface area contributed by atoms with Crippen LogP contribution in [0.3, 0.4) is 0 Å². The molecule has 3 N–H and O–H groups in total. The summed E-state index contributed by atoms with van der Waals surface area (Å²) in [6, 6.07) is 4.07. The molecule has 5 heteroatoms. The average Bonchev–Trinajstić information content (AvgIpc) is 2.30. The van der Waals surface area contributed by atoms with Crippen LogP contribution in [0.1, 0.15) is 12.5 Å². The number of ether oxygens (including phenoxy) is 1. The molecular formula is C12H14O5. The molecule has 5 nitrogen and oxygen atoms in total. The number of aliphatic hydroxyl groups excluding tert-OH is 1. The van der Waals surface area contributed by atoms with Gasteiger partial charge in [0.15, 0.2) is 17.6 Å². The van der Waals surface area contributed by atoms with Crippen LogP contribution in [-0.2, 0) is 16.0 Å². The summed E-state index contributed by atoms with van der Waals surface area (Å²) < 4.78 is 4.60. The molecule has 1 aromatic carbocycles. The molecular weight excluding hydrogens is 224 g/mol. The van der Waals surface area contributed by atoms with Crippen LogP contribution in [-0.4, -0.2) is 27.4 Å². The van der Waals surface area contributed by atoms with E-state index in [1.54, 1.807) is 6.92 Å². The molecule has 0 aliphatic carbocycles. The van der Waals surface area contributed by atoms with Gasteiger partial charge in [-0.05, 0) is 24.6 Å². The van der Waals surface area contributed by atoms with E-state index in [2.05, 4.69) is 4.74 Å². The summed E-state index contributed by atoms with van der Waals surface area (Å²) in [4.78, 5) is 11.2.